The highest BCUT2D eigenvalue weighted by Crippen LogP contribution is 2.31. The minimum atomic E-state index is -0.0552. The number of ether oxygens (including phenoxy) is 2. The topological polar surface area (TPSA) is 101 Å². The highest BCUT2D eigenvalue weighted by molar-refractivity contribution is 5.72. The van der Waals surface area contributed by atoms with Gasteiger partial charge >= 0.3 is 0 Å². The standard InChI is InChI=1S/C22H32N6O3/c1-17(29)23-10-11-24-21-8-9-25-22(27-21)26-18-6-7-19(30-2)20(16-18)31-15-5-14-28-12-3-4-13-28/h6-9,16H,3-5,10-15H2,1-2H3,(H,23,29)(H2,24,25,26,27). The maximum absolute atomic E-state index is 10.9. The van der Waals surface area contributed by atoms with E-state index in [1.165, 1.54) is 32.9 Å². The predicted molar refractivity (Wildman–Crippen MR) is 121 cm³/mol. The van der Waals surface area contributed by atoms with E-state index in [4.69, 9.17) is 9.47 Å². The molecule has 168 valence electrons. The average Bonchev–Trinajstić information content (AvgIpc) is 3.28. The lowest BCUT2D eigenvalue weighted by atomic mass is 10.2. The summed E-state index contributed by atoms with van der Waals surface area (Å²) in [4.78, 5) is 22.1. The molecule has 3 rings (SSSR count). The van der Waals surface area contributed by atoms with Crippen LogP contribution in [-0.2, 0) is 4.79 Å². The van der Waals surface area contributed by atoms with Crippen molar-refractivity contribution in [1.82, 2.24) is 20.2 Å². The third-order valence-electron chi connectivity index (χ3n) is 4.96. The Labute approximate surface area is 183 Å². The Bertz CT molecular complexity index is 842. The van der Waals surface area contributed by atoms with E-state index in [0.717, 1.165) is 18.7 Å². The fourth-order valence-corrected chi connectivity index (χ4v) is 3.42. The van der Waals surface area contributed by atoms with Crippen LogP contribution in [0, 0.1) is 0 Å². The van der Waals surface area contributed by atoms with Crippen molar-refractivity contribution in [3.63, 3.8) is 0 Å². The molecule has 0 saturated carbocycles. The van der Waals surface area contributed by atoms with Crippen molar-refractivity contribution in [2.75, 3.05) is 57.1 Å². The van der Waals surface area contributed by atoms with Crippen molar-refractivity contribution in [3.8, 4) is 11.5 Å². The van der Waals surface area contributed by atoms with Gasteiger partial charge in [-0.05, 0) is 50.6 Å². The molecule has 31 heavy (non-hydrogen) atoms. The highest BCUT2D eigenvalue weighted by atomic mass is 16.5. The molecule has 1 amide bonds. The summed E-state index contributed by atoms with van der Waals surface area (Å²) in [5.41, 5.74) is 0.811. The lowest BCUT2D eigenvalue weighted by molar-refractivity contribution is -0.118. The minimum Gasteiger partial charge on any atom is -0.493 e. The second-order valence-electron chi connectivity index (χ2n) is 7.42. The third kappa shape index (κ3) is 7.60. The molecule has 1 aromatic carbocycles. The molecule has 9 nitrogen and oxygen atoms in total. The Morgan fingerprint density at radius 2 is 2.00 bits per heavy atom. The van der Waals surface area contributed by atoms with E-state index in [0.29, 0.717) is 43.0 Å². The summed E-state index contributed by atoms with van der Waals surface area (Å²) < 4.78 is 11.4. The molecule has 9 heteroatoms. The molecule has 1 aliphatic heterocycles. The van der Waals surface area contributed by atoms with Crippen LogP contribution in [0.2, 0.25) is 0 Å². The number of benzene rings is 1. The van der Waals surface area contributed by atoms with Crippen LogP contribution in [0.3, 0.4) is 0 Å². The van der Waals surface area contributed by atoms with E-state index in [9.17, 15) is 4.79 Å². The fraction of sp³-hybridized carbons (Fsp3) is 0.500. The number of methoxy groups -OCH3 is 1. The van der Waals surface area contributed by atoms with Gasteiger partial charge in [0.15, 0.2) is 11.5 Å². The summed E-state index contributed by atoms with van der Waals surface area (Å²) in [6.45, 7) is 6.70. The molecule has 0 bridgehead atoms. The molecule has 0 spiro atoms. The largest absolute Gasteiger partial charge is 0.493 e. The van der Waals surface area contributed by atoms with Crippen LogP contribution >= 0.6 is 0 Å². The Morgan fingerprint density at radius 1 is 1.16 bits per heavy atom. The molecule has 2 heterocycles. The molecule has 0 atom stereocenters. The van der Waals surface area contributed by atoms with Crippen molar-refractivity contribution >= 4 is 23.4 Å². The quantitative estimate of drug-likeness (QED) is 0.444. The summed E-state index contributed by atoms with van der Waals surface area (Å²) in [6.07, 6.45) is 5.26. The number of hydrogen-bond donors (Lipinski definition) is 3. The maximum Gasteiger partial charge on any atom is 0.229 e. The van der Waals surface area contributed by atoms with Crippen LogP contribution < -0.4 is 25.4 Å². The van der Waals surface area contributed by atoms with Gasteiger partial charge in [0.25, 0.3) is 0 Å². The van der Waals surface area contributed by atoms with E-state index >= 15 is 0 Å². The van der Waals surface area contributed by atoms with Gasteiger partial charge in [0.05, 0.1) is 13.7 Å². The number of nitrogens with one attached hydrogen (secondary N) is 3. The monoisotopic (exact) mass is 428 g/mol. The van der Waals surface area contributed by atoms with Crippen LogP contribution in [0.4, 0.5) is 17.5 Å². The van der Waals surface area contributed by atoms with E-state index in [2.05, 4.69) is 30.8 Å². The van der Waals surface area contributed by atoms with Crippen LogP contribution in [-0.4, -0.2) is 67.2 Å². The van der Waals surface area contributed by atoms with Gasteiger partial charge in [-0.2, -0.15) is 4.98 Å². The zero-order valence-electron chi connectivity index (χ0n) is 18.3. The zero-order valence-corrected chi connectivity index (χ0v) is 18.3. The molecule has 3 N–H and O–H groups in total. The molecule has 2 aromatic rings. The van der Waals surface area contributed by atoms with Gasteiger partial charge in [-0.3, -0.25) is 4.79 Å². The molecule has 1 saturated heterocycles. The Balaban J connectivity index is 1.53. The summed E-state index contributed by atoms with van der Waals surface area (Å²) in [7, 11) is 1.64. The van der Waals surface area contributed by atoms with Crippen molar-refractivity contribution in [1.29, 1.82) is 0 Å². The molecule has 1 aromatic heterocycles. The molecular formula is C22H32N6O3. The summed E-state index contributed by atoms with van der Waals surface area (Å²) in [5.74, 6) is 2.48. The normalized spacial score (nSPS) is 13.6. The predicted octanol–water partition coefficient (Wildman–Crippen LogP) is 2.64. The smallest absolute Gasteiger partial charge is 0.229 e. The highest BCUT2D eigenvalue weighted by Gasteiger charge is 2.11. The first-order valence-corrected chi connectivity index (χ1v) is 10.8. The molecular weight excluding hydrogens is 396 g/mol. The van der Waals surface area contributed by atoms with Gasteiger partial charge < -0.3 is 30.3 Å². The molecule has 0 radical (unpaired) electrons. The van der Waals surface area contributed by atoms with Crippen molar-refractivity contribution in [2.45, 2.75) is 26.2 Å². The lowest BCUT2D eigenvalue weighted by Crippen LogP contribution is -2.26. The average molecular weight is 429 g/mol. The van der Waals surface area contributed by atoms with Crippen LogP contribution in [0.5, 0.6) is 11.5 Å². The number of likely N-dealkylation sites (tertiary alicyclic amines) is 1. The number of carbonyl (C=O) groups is 1. The number of rotatable bonds is 12. The van der Waals surface area contributed by atoms with Crippen LogP contribution in [0.15, 0.2) is 30.5 Å². The number of anilines is 3. The Hall–Kier alpha value is -3.07. The molecule has 0 aliphatic carbocycles. The first-order chi connectivity index (χ1) is 15.1. The summed E-state index contributed by atoms with van der Waals surface area (Å²) in [5, 5.41) is 9.10. The van der Waals surface area contributed by atoms with E-state index in [1.807, 2.05) is 18.2 Å². The number of nitrogens with zero attached hydrogens (tertiary/aromatic N) is 3. The second kappa shape index (κ2) is 11.9. The van der Waals surface area contributed by atoms with Gasteiger partial charge in [-0.25, -0.2) is 4.98 Å². The lowest BCUT2D eigenvalue weighted by Gasteiger charge is -2.16. The Kier molecular flexibility index (Phi) is 8.71. The van der Waals surface area contributed by atoms with Gasteiger partial charge in [-0.1, -0.05) is 0 Å². The third-order valence-corrected chi connectivity index (χ3v) is 4.96. The van der Waals surface area contributed by atoms with Crippen molar-refractivity contribution in [2.24, 2.45) is 0 Å². The maximum atomic E-state index is 10.9. The van der Waals surface area contributed by atoms with E-state index in [-0.39, 0.29) is 5.91 Å². The fourth-order valence-electron chi connectivity index (χ4n) is 3.42. The first-order valence-electron chi connectivity index (χ1n) is 10.8. The van der Waals surface area contributed by atoms with Gasteiger partial charge in [0.2, 0.25) is 11.9 Å². The SMILES string of the molecule is COc1ccc(Nc2nccc(NCCNC(C)=O)n2)cc1OCCCN1CCCC1. The van der Waals surface area contributed by atoms with Gasteiger partial charge in [-0.15, -0.1) is 0 Å². The number of hydrogen-bond acceptors (Lipinski definition) is 8. The first kappa shape index (κ1) is 22.6. The molecule has 1 aliphatic rings. The van der Waals surface area contributed by atoms with Crippen molar-refractivity contribution in [3.05, 3.63) is 30.5 Å². The number of aromatic nitrogens is 2. The van der Waals surface area contributed by atoms with Crippen LogP contribution in [0.1, 0.15) is 26.2 Å². The van der Waals surface area contributed by atoms with Gasteiger partial charge in [0.1, 0.15) is 5.82 Å². The Morgan fingerprint density at radius 3 is 2.77 bits per heavy atom. The van der Waals surface area contributed by atoms with Gasteiger partial charge in [0, 0.05) is 44.5 Å². The molecule has 1 fully saturated rings. The zero-order chi connectivity index (χ0) is 21.9. The van der Waals surface area contributed by atoms with Crippen molar-refractivity contribution < 1.29 is 14.3 Å². The summed E-state index contributed by atoms with van der Waals surface area (Å²) in [6, 6.07) is 7.45. The number of carbonyl (C=O) groups excluding carboxylic acids is 1. The van der Waals surface area contributed by atoms with E-state index < -0.39 is 0 Å². The molecule has 0 unspecified atom stereocenters. The summed E-state index contributed by atoms with van der Waals surface area (Å²) >= 11 is 0. The minimum absolute atomic E-state index is 0.0552. The second-order valence-corrected chi connectivity index (χ2v) is 7.42. The van der Waals surface area contributed by atoms with Crippen LogP contribution in [0.25, 0.3) is 0 Å². The van der Waals surface area contributed by atoms with E-state index in [1.54, 1.807) is 19.4 Å². The number of amides is 1.